The number of carbonyl (C=O) groups excluding carboxylic acids is 2. The van der Waals surface area contributed by atoms with Crippen molar-refractivity contribution in [2.24, 2.45) is 0 Å². The molecule has 1 N–H and O–H groups in total. The van der Waals surface area contributed by atoms with E-state index in [1.54, 1.807) is 37.3 Å². The summed E-state index contributed by atoms with van der Waals surface area (Å²) in [5.41, 5.74) is 1.58. The summed E-state index contributed by atoms with van der Waals surface area (Å²) in [6.07, 6.45) is 0. The maximum Gasteiger partial charge on any atom is 0.243 e. The molecule has 0 saturated heterocycles. The maximum absolute atomic E-state index is 13.3. The van der Waals surface area contributed by atoms with Crippen LogP contribution in [0.2, 0.25) is 10.0 Å². The quantitative estimate of drug-likeness (QED) is 0.551. The van der Waals surface area contributed by atoms with Gasteiger partial charge in [-0.3, -0.25) is 9.59 Å². The number of halogens is 2. The summed E-state index contributed by atoms with van der Waals surface area (Å²) in [4.78, 5) is 27.3. The van der Waals surface area contributed by atoms with Gasteiger partial charge < -0.3 is 10.2 Å². The average molecular weight is 514 g/mol. The van der Waals surface area contributed by atoms with Gasteiger partial charge >= 0.3 is 0 Å². The summed E-state index contributed by atoms with van der Waals surface area (Å²) in [5.74, 6) is -0.867. The van der Waals surface area contributed by atoms with E-state index in [4.69, 9.17) is 23.2 Å². The van der Waals surface area contributed by atoms with Crippen LogP contribution in [0.1, 0.15) is 31.9 Å². The van der Waals surface area contributed by atoms with Crippen LogP contribution in [-0.4, -0.2) is 55.1 Å². The minimum absolute atomic E-state index is 0.0564. The van der Waals surface area contributed by atoms with Gasteiger partial charge in [-0.05, 0) is 57.5 Å². The molecule has 0 fully saturated rings. The van der Waals surface area contributed by atoms with Crippen LogP contribution < -0.4 is 5.32 Å². The number of nitrogens with one attached hydrogen (secondary N) is 1. The first kappa shape index (κ1) is 27.1. The third kappa shape index (κ3) is 7.17. The van der Waals surface area contributed by atoms with E-state index >= 15 is 0 Å². The second kappa shape index (κ2) is 11.3. The number of hydrogen-bond donors (Lipinski definition) is 1. The number of rotatable bonds is 9. The lowest BCUT2D eigenvalue weighted by Crippen LogP contribution is -2.51. The van der Waals surface area contributed by atoms with E-state index in [0.717, 1.165) is 9.87 Å². The fourth-order valence-electron chi connectivity index (χ4n) is 3.08. The second-order valence-corrected chi connectivity index (χ2v) is 11.0. The lowest BCUT2D eigenvalue weighted by atomic mass is 10.1. The number of nitrogens with zero attached hydrogens (tertiary/aromatic N) is 2. The SMILES string of the molecule is Cc1ccc(S(=O)(=O)N(C)CC(=O)N(Cc2ccc(Cl)c(Cl)c2)C(C)C(=O)NC(C)C)cc1. The van der Waals surface area contributed by atoms with Crippen LogP contribution in [0.3, 0.4) is 0 Å². The minimum Gasteiger partial charge on any atom is -0.352 e. The van der Waals surface area contributed by atoms with Crippen molar-refractivity contribution in [3.63, 3.8) is 0 Å². The first-order valence-electron chi connectivity index (χ1n) is 10.4. The van der Waals surface area contributed by atoms with Gasteiger partial charge in [-0.2, -0.15) is 4.31 Å². The topological polar surface area (TPSA) is 86.8 Å². The molecule has 0 bridgehead atoms. The van der Waals surface area contributed by atoms with Crippen molar-refractivity contribution >= 4 is 45.0 Å². The van der Waals surface area contributed by atoms with Gasteiger partial charge in [0.1, 0.15) is 6.04 Å². The van der Waals surface area contributed by atoms with E-state index < -0.39 is 28.5 Å². The zero-order valence-corrected chi connectivity index (χ0v) is 21.6. The molecule has 180 valence electrons. The molecule has 0 saturated carbocycles. The van der Waals surface area contributed by atoms with Crippen LogP contribution in [-0.2, 0) is 26.2 Å². The lowest BCUT2D eigenvalue weighted by Gasteiger charge is -2.31. The van der Waals surface area contributed by atoms with Crippen LogP contribution in [0.4, 0.5) is 0 Å². The van der Waals surface area contributed by atoms with Gasteiger partial charge in [0.15, 0.2) is 0 Å². The van der Waals surface area contributed by atoms with E-state index in [2.05, 4.69) is 5.32 Å². The third-order valence-electron chi connectivity index (χ3n) is 5.02. The molecule has 0 aliphatic rings. The van der Waals surface area contributed by atoms with Crippen molar-refractivity contribution in [3.05, 3.63) is 63.6 Å². The molecule has 1 atom stereocenters. The highest BCUT2D eigenvalue weighted by Gasteiger charge is 2.30. The van der Waals surface area contributed by atoms with Gasteiger partial charge in [0.2, 0.25) is 21.8 Å². The Morgan fingerprint density at radius 2 is 1.61 bits per heavy atom. The van der Waals surface area contributed by atoms with Crippen LogP contribution >= 0.6 is 23.2 Å². The predicted octanol–water partition coefficient (Wildman–Crippen LogP) is 3.86. The van der Waals surface area contributed by atoms with Gasteiger partial charge in [0.05, 0.1) is 21.5 Å². The normalized spacial score (nSPS) is 12.6. The summed E-state index contributed by atoms with van der Waals surface area (Å²) >= 11 is 12.1. The average Bonchev–Trinajstić information content (AvgIpc) is 2.73. The van der Waals surface area contributed by atoms with Crippen molar-refractivity contribution in [3.8, 4) is 0 Å². The van der Waals surface area contributed by atoms with Crippen molar-refractivity contribution < 1.29 is 18.0 Å². The van der Waals surface area contributed by atoms with Crippen molar-refractivity contribution in [2.45, 2.75) is 51.2 Å². The highest BCUT2D eigenvalue weighted by molar-refractivity contribution is 7.89. The van der Waals surface area contributed by atoms with Crippen LogP contribution in [0.15, 0.2) is 47.4 Å². The molecule has 0 radical (unpaired) electrons. The van der Waals surface area contributed by atoms with Gasteiger partial charge in [0.25, 0.3) is 0 Å². The molecule has 10 heteroatoms. The first-order chi connectivity index (χ1) is 15.3. The Kier molecular flexibility index (Phi) is 9.31. The third-order valence-corrected chi connectivity index (χ3v) is 7.58. The number of likely N-dealkylation sites (N-methyl/N-ethyl adjacent to an activating group) is 1. The molecule has 0 aliphatic heterocycles. The van der Waals surface area contributed by atoms with Crippen molar-refractivity contribution in [2.75, 3.05) is 13.6 Å². The largest absolute Gasteiger partial charge is 0.352 e. The number of sulfonamides is 1. The van der Waals surface area contributed by atoms with E-state index in [1.807, 2.05) is 20.8 Å². The molecule has 2 aromatic rings. The second-order valence-electron chi connectivity index (χ2n) is 8.18. The molecule has 0 spiro atoms. The van der Waals surface area contributed by atoms with E-state index in [1.165, 1.54) is 24.1 Å². The zero-order valence-electron chi connectivity index (χ0n) is 19.3. The van der Waals surface area contributed by atoms with Crippen molar-refractivity contribution in [1.29, 1.82) is 0 Å². The molecule has 7 nitrogen and oxygen atoms in total. The van der Waals surface area contributed by atoms with Crippen LogP contribution in [0, 0.1) is 6.92 Å². The van der Waals surface area contributed by atoms with Crippen LogP contribution in [0.5, 0.6) is 0 Å². The Bertz CT molecular complexity index is 1110. The Morgan fingerprint density at radius 3 is 2.15 bits per heavy atom. The van der Waals surface area contributed by atoms with Gasteiger partial charge in [-0.1, -0.05) is 47.0 Å². The summed E-state index contributed by atoms with van der Waals surface area (Å²) < 4.78 is 26.9. The predicted molar refractivity (Wildman–Crippen MR) is 131 cm³/mol. The molecule has 2 amide bonds. The van der Waals surface area contributed by atoms with Gasteiger partial charge in [-0.15, -0.1) is 0 Å². The summed E-state index contributed by atoms with van der Waals surface area (Å²) in [6.45, 7) is 6.71. The molecular formula is C23H29Cl2N3O4S. The standard InChI is InChI=1S/C23H29Cl2N3O4S/c1-15(2)26-23(30)17(4)28(13-18-8-11-20(24)21(25)12-18)22(29)14-27(5)33(31,32)19-9-6-16(3)7-10-19/h6-12,15,17H,13-14H2,1-5H3,(H,26,30). The lowest BCUT2D eigenvalue weighted by molar-refractivity contribution is -0.140. The number of aryl methyl sites for hydroxylation is 1. The number of hydrogen-bond acceptors (Lipinski definition) is 4. The smallest absolute Gasteiger partial charge is 0.243 e. The minimum atomic E-state index is -3.89. The monoisotopic (exact) mass is 513 g/mol. The Hall–Kier alpha value is -2.13. The van der Waals surface area contributed by atoms with Crippen LogP contribution in [0.25, 0.3) is 0 Å². The Morgan fingerprint density at radius 1 is 1.00 bits per heavy atom. The molecule has 0 aromatic heterocycles. The van der Waals surface area contributed by atoms with E-state index in [-0.39, 0.29) is 23.4 Å². The zero-order chi connectivity index (χ0) is 24.9. The molecule has 0 aliphatic carbocycles. The van der Waals surface area contributed by atoms with Gasteiger partial charge in [-0.25, -0.2) is 8.42 Å². The fraction of sp³-hybridized carbons (Fsp3) is 0.391. The fourth-order valence-corrected chi connectivity index (χ4v) is 4.52. The number of amides is 2. The summed E-state index contributed by atoms with van der Waals surface area (Å²) in [7, 11) is -2.55. The van der Waals surface area contributed by atoms with E-state index in [9.17, 15) is 18.0 Å². The molecule has 2 rings (SSSR count). The molecular weight excluding hydrogens is 485 g/mol. The van der Waals surface area contributed by atoms with Crippen molar-refractivity contribution in [1.82, 2.24) is 14.5 Å². The maximum atomic E-state index is 13.3. The summed E-state index contributed by atoms with van der Waals surface area (Å²) in [5, 5.41) is 3.47. The Labute approximate surface area is 205 Å². The Balaban J connectivity index is 2.30. The number of benzene rings is 2. The highest BCUT2D eigenvalue weighted by atomic mass is 35.5. The summed E-state index contributed by atoms with van der Waals surface area (Å²) in [6, 6.07) is 10.3. The molecule has 0 heterocycles. The molecule has 1 unspecified atom stereocenters. The van der Waals surface area contributed by atoms with Gasteiger partial charge in [0, 0.05) is 19.6 Å². The highest BCUT2D eigenvalue weighted by Crippen LogP contribution is 2.24. The molecule has 33 heavy (non-hydrogen) atoms. The number of carbonyl (C=O) groups is 2. The first-order valence-corrected chi connectivity index (χ1v) is 12.6. The van der Waals surface area contributed by atoms with E-state index in [0.29, 0.717) is 15.6 Å². The molecule has 2 aromatic carbocycles.